The second-order valence-electron chi connectivity index (χ2n) is 4.22. The molecule has 1 heterocycles. The van der Waals surface area contributed by atoms with Crippen molar-refractivity contribution >= 4 is 17.3 Å². The zero-order valence-corrected chi connectivity index (χ0v) is 11.1. The van der Waals surface area contributed by atoms with E-state index in [2.05, 4.69) is 30.2 Å². The molecular weight excluding hydrogens is 220 g/mol. The van der Waals surface area contributed by atoms with Gasteiger partial charge in [0, 0.05) is 6.04 Å². The molecule has 1 N–H and O–H groups in total. The van der Waals surface area contributed by atoms with E-state index in [1.165, 1.54) is 19.3 Å². The first-order valence-corrected chi connectivity index (χ1v) is 6.43. The van der Waals surface area contributed by atoms with Gasteiger partial charge in [0.05, 0.1) is 11.9 Å². The van der Waals surface area contributed by atoms with Crippen LogP contribution >= 0.6 is 11.6 Å². The van der Waals surface area contributed by atoms with Crippen LogP contribution in [0, 0.1) is 6.92 Å². The van der Waals surface area contributed by atoms with Crippen LogP contribution in [-0.2, 0) is 0 Å². The third kappa shape index (κ3) is 4.01. The number of nitrogens with one attached hydrogen (secondary N) is 1. The molecule has 0 radical (unpaired) electrons. The second-order valence-corrected chi connectivity index (χ2v) is 4.58. The molecule has 0 aliphatic heterocycles. The Bertz CT molecular complexity index is 326. The third-order valence-electron chi connectivity index (χ3n) is 2.78. The fourth-order valence-corrected chi connectivity index (χ4v) is 1.80. The number of unbranched alkanes of at least 4 members (excludes halogenated alkanes) is 1. The van der Waals surface area contributed by atoms with Gasteiger partial charge >= 0.3 is 0 Å². The maximum Gasteiger partial charge on any atom is 0.132 e. The molecule has 0 saturated carbocycles. The molecule has 1 aromatic rings. The summed E-state index contributed by atoms with van der Waals surface area (Å²) < 4.78 is 0. The molecule has 0 aliphatic rings. The van der Waals surface area contributed by atoms with Gasteiger partial charge in [0.1, 0.15) is 5.15 Å². The molecule has 1 rings (SSSR count). The summed E-state index contributed by atoms with van der Waals surface area (Å²) in [6.07, 6.45) is 6.68. The van der Waals surface area contributed by atoms with E-state index >= 15 is 0 Å². The number of rotatable bonds is 6. The average Bonchev–Trinajstić information content (AvgIpc) is 2.29. The van der Waals surface area contributed by atoms with E-state index in [1.54, 1.807) is 0 Å². The molecule has 0 saturated heterocycles. The quantitative estimate of drug-likeness (QED) is 0.745. The molecule has 0 fully saturated rings. The van der Waals surface area contributed by atoms with Gasteiger partial charge < -0.3 is 5.32 Å². The van der Waals surface area contributed by atoms with E-state index < -0.39 is 0 Å². The number of nitrogens with zero attached hydrogens (tertiary/aromatic N) is 1. The lowest BCUT2D eigenvalue weighted by molar-refractivity contribution is 0.593. The van der Waals surface area contributed by atoms with Crippen LogP contribution in [0.25, 0.3) is 0 Å². The predicted octanol–water partition coefficient (Wildman–Crippen LogP) is 4.42. The Kier molecular flexibility index (Phi) is 5.61. The van der Waals surface area contributed by atoms with Crippen LogP contribution in [0.2, 0.25) is 5.15 Å². The minimum atomic E-state index is 0.544. The topological polar surface area (TPSA) is 24.9 Å². The summed E-state index contributed by atoms with van der Waals surface area (Å²) in [5.74, 6) is 0. The Morgan fingerprint density at radius 1 is 1.44 bits per heavy atom. The standard InChI is InChI=1S/C13H21ClN2/c1-4-6-7-11(5-2)16-12-8-10(3)13(14)15-9-12/h8-9,11,16H,4-7H2,1-3H3. The largest absolute Gasteiger partial charge is 0.381 e. The van der Waals surface area contributed by atoms with E-state index in [0.717, 1.165) is 17.7 Å². The number of aromatic nitrogens is 1. The van der Waals surface area contributed by atoms with Crippen LogP contribution in [0.5, 0.6) is 0 Å². The van der Waals surface area contributed by atoms with Crippen molar-refractivity contribution in [2.75, 3.05) is 5.32 Å². The lowest BCUT2D eigenvalue weighted by atomic mass is 10.1. The number of aryl methyl sites for hydroxylation is 1. The van der Waals surface area contributed by atoms with Crippen molar-refractivity contribution < 1.29 is 0 Å². The average molecular weight is 241 g/mol. The maximum absolute atomic E-state index is 5.90. The van der Waals surface area contributed by atoms with Gasteiger partial charge in [0.15, 0.2) is 0 Å². The molecule has 16 heavy (non-hydrogen) atoms. The monoisotopic (exact) mass is 240 g/mol. The zero-order chi connectivity index (χ0) is 12.0. The molecule has 0 amide bonds. The van der Waals surface area contributed by atoms with Gasteiger partial charge in [-0.05, 0) is 31.4 Å². The van der Waals surface area contributed by atoms with Crippen molar-refractivity contribution in [2.24, 2.45) is 0 Å². The van der Waals surface area contributed by atoms with E-state index in [9.17, 15) is 0 Å². The molecule has 1 atom stereocenters. The van der Waals surface area contributed by atoms with E-state index in [0.29, 0.717) is 11.2 Å². The van der Waals surface area contributed by atoms with Crippen LogP contribution in [0.15, 0.2) is 12.3 Å². The molecule has 1 unspecified atom stereocenters. The number of pyridine rings is 1. The van der Waals surface area contributed by atoms with Crippen molar-refractivity contribution in [3.63, 3.8) is 0 Å². The van der Waals surface area contributed by atoms with Crippen molar-refractivity contribution in [3.8, 4) is 0 Å². The SMILES string of the molecule is CCCCC(CC)Nc1cnc(Cl)c(C)c1. The summed E-state index contributed by atoms with van der Waals surface area (Å²) in [5.41, 5.74) is 2.10. The van der Waals surface area contributed by atoms with Crippen molar-refractivity contribution in [1.82, 2.24) is 4.98 Å². The van der Waals surface area contributed by atoms with E-state index in [1.807, 2.05) is 13.1 Å². The molecular formula is C13H21ClN2. The van der Waals surface area contributed by atoms with Crippen LogP contribution in [-0.4, -0.2) is 11.0 Å². The van der Waals surface area contributed by atoms with Crippen LogP contribution in [0.4, 0.5) is 5.69 Å². The maximum atomic E-state index is 5.90. The fraction of sp³-hybridized carbons (Fsp3) is 0.615. The first kappa shape index (κ1) is 13.3. The first-order chi connectivity index (χ1) is 7.67. The highest BCUT2D eigenvalue weighted by Crippen LogP contribution is 2.18. The molecule has 1 aromatic heterocycles. The van der Waals surface area contributed by atoms with Crippen LogP contribution < -0.4 is 5.32 Å². The number of hydrogen-bond acceptors (Lipinski definition) is 2. The van der Waals surface area contributed by atoms with Gasteiger partial charge in [-0.25, -0.2) is 4.98 Å². The van der Waals surface area contributed by atoms with Crippen molar-refractivity contribution in [1.29, 1.82) is 0 Å². The van der Waals surface area contributed by atoms with Crippen LogP contribution in [0.1, 0.15) is 45.1 Å². The Hall–Kier alpha value is -0.760. The minimum Gasteiger partial charge on any atom is -0.381 e. The fourth-order valence-electron chi connectivity index (χ4n) is 1.70. The molecule has 0 aromatic carbocycles. The number of hydrogen-bond donors (Lipinski definition) is 1. The Balaban J connectivity index is 2.59. The van der Waals surface area contributed by atoms with Crippen LogP contribution in [0.3, 0.4) is 0 Å². The zero-order valence-electron chi connectivity index (χ0n) is 10.4. The molecule has 90 valence electrons. The second kappa shape index (κ2) is 6.74. The summed E-state index contributed by atoms with van der Waals surface area (Å²) >= 11 is 5.90. The van der Waals surface area contributed by atoms with Gasteiger partial charge in [-0.2, -0.15) is 0 Å². The normalized spacial score (nSPS) is 12.5. The molecule has 0 spiro atoms. The molecule has 0 bridgehead atoms. The lowest BCUT2D eigenvalue weighted by Gasteiger charge is -2.18. The summed E-state index contributed by atoms with van der Waals surface area (Å²) in [7, 11) is 0. The van der Waals surface area contributed by atoms with Gasteiger partial charge in [-0.15, -0.1) is 0 Å². The van der Waals surface area contributed by atoms with Gasteiger partial charge in [0.25, 0.3) is 0 Å². The van der Waals surface area contributed by atoms with Gasteiger partial charge in [0.2, 0.25) is 0 Å². The number of halogens is 1. The summed E-state index contributed by atoms with van der Waals surface area (Å²) in [6.45, 7) is 6.41. The minimum absolute atomic E-state index is 0.544. The third-order valence-corrected chi connectivity index (χ3v) is 3.18. The van der Waals surface area contributed by atoms with Gasteiger partial charge in [-0.3, -0.25) is 0 Å². The lowest BCUT2D eigenvalue weighted by Crippen LogP contribution is -2.18. The Morgan fingerprint density at radius 3 is 2.75 bits per heavy atom. The highest BCUT2D eigenvalue weighted by atomic mass is 35.5. The highest BCUT2D eigenvalue weighted by Gasteiger charge is 2.06. The number of anilines is 1. The predicted molar refractivity (Wildman–Crippen MR) is 71.2 cm³/mol. The molecule has 3 heteroatoms. The molecule has 2 nitrogen and oxygen atoms in total. The van der Waals surface area contributed by atoms with Gasteiger partial charge in [-0.1, -0.05) is 38.3 Å². The van der Waals surface area contributed by atoms with Crippen molar-refractivity contribution in [2.45, 2.75) is 52.5 Å². The summed E-state index contributed by atoms with van der Waals surface area (Å²) in [5, 5.41) is 4.10. The van der Waals surface area contributed by atoms with E-state index in [-0.39, 0.29) is 0 Å². The summed E-state index contributed by atoms with van der Waals surface area (Å²) in [4.78, 5) is 4.15. The van der Waals surface area contributed by atoms with Crippen molar-refractivity contribution in [3.05, 3.63) is 23.0 Å². The first-order valence-electron chi connectivity index (χ1n) is 6.06. The molecule has 0 aliphatic carbocycles. The summed E-state index contributed by atoms with van der Waals surface area (Å²) in [6, 6.07) is 2.60. The Morgan fingerprint density at radius 2 is 2.19 bits per heavy atom. The van der Waals surface area contributed by atoms with E-state index in [4.69, 9.17) is 11.6 Å². The highest BCUT2D eigenvalue weighted by molar-refractivity contribution is 6.30. The Labute approximate surface area is 103 Å². The smallest absolute Gasteiger partial charge is 0.132 e.